The van der Waals surface area contributed by atoms with Gasteiger partial charge in [0, 0.05) is 0 Å². The first-order valence-electron chi connectivity index (χ1n) is 9.21. The lowest BCUT2D eigenvalue weighted by Crippen LogP contribution is -2.36. The molecule has 0 aliphatic carbocycles. The third-order valence-corrected chi connectivity index (χ3v) is 5.69. The van der Waals surface area contributed by atoms with Crippen molar-refractivity contribution < 1.29 is 9.47 Å². The van der Waals surface area contributed by atoms with Crippen LogP contribution in [0.3, 0.4) is 0 Å². The summed E-state index contributed by atoms with van der Waals surface area (Å²) < 4.78 is 12.0. The van der Waals surface area contributed by atoms with E-state index in [4.69, 9.17) is 9.47 Å². The number of hydrogen-bond acceptors (Lipinski definition) is 2. The summed E-state index contributed by atoms with van der Waals surface area (Å²) in [6, 6.07) is 0. The highest BCUT2D eigenvalue weighted by atomic mass is 16.5. The van der Waals surface area contributed by atoms with E-state index in [9.17, 15) is 0 Å². The van der Waals surface area contributed by atoms with Gasteiger partial charge in [-0.2, -0.15) is 0 Å². The molecule has 0 aromatic heterocycles. The Hall–Kier alpha value is -0.500. The Labute approximate surface area is 139 Å². The SMILES string of the molecule is C/C=C\OC(CC)C(C)OC(C)C(C)C(C)C(C)C(C)CC. The fourth-order valence-electron chi connectivity index (χ4n) is 3.06. The molecular weight excluding hydrogens is 272 g/mol. The molecule has 0 aliphatic rings. The first-order chi connectivity index (χ1) is 10.3. The fraction of sp³-hybridized carbons (Fsp3) is 0.900. The minimum atomic E-state index is 0.116. The molecule has 0 heterocycles. The number of allylic oxidation sites excluding steroid dienone is 1. The van der Waals surface area contributed by atoms with Crippen LogP contribution in [0, 0.1) is 23.7 Å². The predicted molar refractivity (Wildman–Crippen MR) is 96.9 cm³/mol. The van der Waals surface area contributed by atoms with Gasteiger partial charge in [-0.05, 0) is 50.9 Å². The molecule has 0 aromatic rings. The first-order valence-corrected chi connectivity index (χ1v) is 9.21. The van der Waals surface area contributed by atoms with Crippen LogP contribution in [0.2, 0.25) is 0 Å². The van der Waals surface area contributed by atoms with Gasteiger partial charge in [-0.3, -0.25) is 0 Å². The molecule has 0 bridgehead atoms. The average Bonchev–Trinajstić information content (AvgIpc) is 2.52. The van der Waals surface area contributed by atoms with Gasteiger partial charge < -0.3 is 9.47 Å². The van der Waals surface area contributed by atoms with E-state index in [1.807, 2.05) is 13.0 Å². The van der Waals surface area contributed by atoms with E-state index < -0.39 is 0 Å². The quantitative estimate of drug-likeness (QED) is 0.431. The molecule has 132 valence electrons. The van der Waals surface area contributed by atoms with Crippen molar-refractivity contribution in [2.45, 2.75) is 93.5 Å². The lowest BCUT2D eigenvalue weighted by atomic mass is 9.76. The van der Waals surface area contributed by atoms with E-state index in [0.29, 0.717) is 11.8 Å². The molecule has 22 heavy (non-hydrogen) atoms. The molecule has 0 N–H and O–H groups in total. The summed E-state index contributed by atoms with van der Waals surface area (Å²) in [6.07, 6.45) is 6.41. The summed E-state index contributed by atoms with van der Waals surface area (Å²) in [6.45, 7) is 20.2. The van der Waals surface area contributed by atoms with E-state index >= 15 is 0 Å². The van der Waals surface area contributed by atoms with Gasteiger partial charge in [0.1, 0.15) is 6.10 Å². The summed E-state index contributed by atoms with van der Waals surface area (Å²) in [5.41, 5.74) is 0. The van der Waals surface area contributed by atoms with E-state index in [0.717, 1.165) is 18.3 Å². The molecule has 0 fully saturated rings. The van der Waals surface area contributed by atoms with Crippen LogP contribution >= 0.6 is 0 Å². The van der Waals surface area contributed by atoms with Crippen LogP contribution in [-0.2, 0) is 9.47 Å². The van der Waals surface area contributed by atoms with Crippen molar-refractivity contribution >= 4 is 0 Å². The maximum atomic E-state index is 6.29. The number of ether oxygens (including phenoxy) is 2. The van der Waals surface area contributed by atoms with Crippen molar-refractivity contribution in [3.63, 3.8) is 0 Å². The molecule has 0 saturated heterocycles. The Morgan fingerprint density at radius 3 is 1.82 bits per heavy atom. The molecule has 0 amide bonds. The zero-order valence-corrected chi connectivity index (χ0v) is 16.4. The molecule has 0 spiro atoms. The normalized spacial score (nSPS) is 21.9. The van der Waals surface area contributed by atoms with Crippen LogP contribution in [0.5, 0.6) is 0 Å². The van der Waals surface area contributed by atoms with E-state index in [-0.39, 0.29) is 18.3 Å². The number of hydrogen-bond donors (Lipinski definition) is 0. The van der Waals surface area contributed by atoms with Gasteiger partial charge in [-0.1, -0.05) is 54.0 Å². The Morgan fingerprint density at radius 1 is 0.773 bits per heavy atom. The Balaban J connectivity index is 4.58. The van der Waals surface area contributed by atoms with E-state index in [2.05, 4.69) is 55.4 Å². The van der Waals surface area contributed by atoms with Crippen LogP contribution in [0.25, 0.3) is 0 Å². The van der Waals surface area contributed by atoms with Gasteiger partial charge in [0.05, 0.1) is 18.5 Å². The van der Waals surface area contributed by atoms with Crippen LogP contribution in [0.1, 0.15) is 75.2 Å². The van der Waals surface area contributed by atoms with Gasteiger partial charge in [0.2, 0.25) is 0 Å². The van der Waals surface area contributed by atoms with Gasteiger partial charge in [0.15, 0.2) is 0 Å². The Bertz CT molecular complexity index is 300. The number of rotatable bonds is 11. The van der Waals surface area contributed by atoms with Crippen molar-refractivity contribution in [3.05, 3.63) is 12.3 Å². The zero-order valence-electron chi connectivity index (χ0n) is 16.4. The van der Waals surface area contributed by atoms with Crippen molar-refractivity contribution in [2.24, 2.45) is 23.7 Å². The van der Waals surface area contributed by atoms with E-state index in [1.165, 1.54) is 6.42 Å². The standard InChI is InChI=1S/C20H40O2/c1-10-13-21-20(12-3)19(9)22-18(8)17(7)16(6)15(5)14(4)11-2/h10,13-20H,11-12H2,1-9H3/b13-10-. The van der Waals surface area contributed by atoms with Crippen LogP contribution in [0.15, 0.2) is 12.3 Å². The molecule has 7 unspecified atom stereocenters. The van der Waals surface area contributed by atoms with Crippen molar-refractivity contribution in [1.82, 2.24) is 0 Å². The molecule has 0 rings (SSSR count). The maximum Gasteiger partial charge on any atom is 0.123 e. The second-order valence-electron chi connectivity index (χ2n) is 7.06. The minimum absolute atomic E-state index is 0.116. The molecule has 0 aromatic carbocycles. The maximum absolute atomic E-state index is 6.29. The molecule has 0 aliphatic heterocycles. The highest BCUT2D eigenvalue weighted by Gasteiger charge is 2.29. The van der Waals surface area contributed by atoms with Gasteiger partial charge in [-0.25, -0.2) is 0 Å². The smallest absolute Gasteiger partial charge is 0.123 e. The van der Waals surface area contributed by atoms with E-state index in [1.54, 1.807) is 6.26 Å². The summed E-state index contributed by atoms with van der Waals surface area (Å²) in [7, 11) is 0. The highest BCUT2D eigenvalue weighted by molar-refractivity contribution is 4.78. The fourth-order valence-corrected chi connectivity index (χ4v) is 3.06. The summed E-state index contributed by atoms with van der Waals surface area (Å²) in [5.74, 6) is 2.70. The third kappa shape index (κ3) is 6.73. The average molecular weight is 313 g/mol. The van der Waals surface area contributed by atoms with Crippen LogP contribution in [0.4, 0.5) is 0 Å². The topological polar surface area (TPSA) is 18.5 Å². The van der Waals surface area contributed by atoms with Gasteiger partial charge >= 0.3 is 0 Å². The molecule has 7 atom stereocenters. The molecule has 0 radical (unpaired) electrons. The van der Waals surface area contributed by atoms with Gasteiger partial charge in [-0.15, -0.1) is 0 Å². The van der Waals surface area contributed by atoms with Crippen molar-refractivity contribution in [3.8, 4) is 0 Å². The molecule has 2 nitrogen and oxygen atoms in total. The lowest BCUT2D eigenvalue weighted by molar-refractivity contribution is -0.0925. The predicted octanol–water partition coefficient (Wildman–Crippen LogP) is 6.06. The Morgan fingerprint density at radius 2 is 1.36 bits per heavy atom. The zero-order chi connectivity index (χ0) is 17.3. The minimum Gasteiger partial charge on any atom is -0.496 e. The molecular formula is C20H40O2. The van der Waals surface area contributed by atoms with Crippen LogP contribution in [-0.4, -0.2) is 18.3 Å². The largest absolute Gasteiger partial charge is 0.496 e. The van der Waals surface area contributed by atoms with Crippen LogP contribution < -0.4 is 0 Å². The third-order valence-electron chi connectivity index (χ3n) is 5.69. The highest BCUT2D eigenvalue weighted by Crippen LogP contribution is 2.31. The van der Waals surface area contributed by atoms with Crippen molar-refractivity contribution in [1.29, 1.82) is 0 Å². The second-order valence-corrected chi connectivity index (χ2v) is 7.06. The summed E-state index contributed by atoms with van der Waals surface area (Å²) in [5, 5.41) is 0. The van der Waals surface area contributed by atoms with Gasteiger partial charge in [0.25, 0.3) is 0 Å². The molecule has 2 heteroatoms. The van der Waals surface area contributed by atoms with Crippen molar-refractivity contribution in [2.75, 3.05) is 0 Å². The first kappa shape index (κ1) is 21.5. The molecule has 0 saturated carbocycles. The lowest BCUT2D eigenvalue weighted by Gasteiger charge is -2.35. The second kappa shape index (κ2) is 11.1. The summed E-state index contributed by atoms with van der Waals surface area (Å²) >= 11 is 0. The Kier molecular flexibility index (Phi) is 10.8. The monoisotopic (exact) mass is 312 g/mol. The summed E-state index contributed by atoms with van der Waals surface area (Å²) in [4.78, 5) is 0.